The summed E-state index contributed by atoms with van der Waals surface area (Å²) in [5, 5.41) is 12.6. The number of amides is 3. The van der Waals surface area contributed by atoms with Gasteiger partial charge in [0.25, 0.3) is 5.91 Å². The summed E-state index contributed by atoms with van der Waals surface area (Å²) in [4.78, 5) is 54.5. The Morgan fingerprint density at radius 2 is 1.89 bits per heavy atom. The highest BCUT2D eigenvalue weighted by Gasteiger charge is 2.33. The van der Waals surface area contributed by atoms with Crippen molar-refractivity contribution >= 4 is 46.1 Å². The third-order valence-corrected chi connectivity index (χ3v) is 11.6. The molecule has 3 atom stereocenters. The molecular formula is C44H54F2N10O5. The number of benzene rings is 2. The van der Waals surface area contributed by atoms with Crippen LogP contribution in [0, 0.1) is 24.5 Å². The SMILES string of the molecule is CC[C@H](C)CCCOc1c(-c2cc(C(=O)Nc3nc4ccc(N5CCN(CCNc6cc(F)c([C@H]7CCC(=O)NC7=O)c(F)c6)[C@H](COC)C5)cc4[nH]3)cc(C)n2)cnn1C. The Hall–Kier alpha value is -5.94. The number of aryl methyl sites for hydroxylation is 2. The number of rotatable bonds is 17. The van der Waals surface area contributed by atoms with Crippen molar-refractivity contribution in [3.8, 4) is 17.1 Å². The molecule has 17 heteroatoms. The number of H-pyrrole nitrogens is 1. The summed E-state index contributed by atoms with van der Waals surface area (Å²) in [6.45, 7) is 10.4. The van der Waals surface area contributed by atoms with Gasteiger partial charge in [-0.3, -0.25) is 34.9 Å². The minimum Gasteiger partial charge on any atom is -0.477 e. The lowest BCUT2D eigenvalue weighted by atomic mass is 9.89. The van der Waals surface area contributed by atoms with E-state index in [1.54, 1.807) is 30.1 Å². The first-order valence-electron chi connectivity index (χ1n) is 20.9. The van der Waals surface area contributed by atoms with Gasteiger partial charge < -0.3 is 24.7 Å². The first-order chi connectivity index (χ1) is 29.4. The number of ether oxygens (including phenoxy) is 2. The molecule has 3 aromatic heterocycles. The number of imide groups is 1. The average Bonchev–Trinajstić information content (AvgIpc) is 3.81. The monoisotopic (exact) mass is 840 g/mol. The number of fused-ring (bicyclic) bond motifs is 1. The average molecular weight is 841 g/mol. The molecule has 324 valence electrons. The maximum atomic E-state index is 15.1. The van der Waals surface area contributed by atoms with Gasteiger partial charge in [0.1, 0.15) is 11.6 Å². The van der Waals surface area contributed by atoms with Crippen molar-refractivity contribution in [2.75, 3.05) is 68.6 Å². The quantitative estimate of drug-likeness (QED) is 0.0624. The number of anilines is 3. The fourth-order valence-electron chi connectivity index (χ4n) is 8.05. The normalized spacial score (nSPS) is 17.7. The lowest BCUT2D eigenvalue weighted by molar-refractivity contribution is -0.134. The Morgan fingerprint density at radius 1 is 1.08 bits per heavy atom. The Bertz CT molecular complexity index is 2360. The third-order valence-electron chi connectivity index (χ3n) is 11.6. The van der Waals surface area contributed by atoms with E-state index in [1.807, 2.05) is 32.2 Å². The molecule has 61 heavy (non-hydrogen) atoms. The maximum Gasteiger partial charge on any atom is 0.258 e. The van der Waals surface area contributed by atoms with Crippen LogP contribution in [0.5, 0.6) is 5.88 Å². The number of hydrogen-bond donors (Lipinski definition) is 4. The Labute approximate surface area is 353 Å². The van der Waals surface area contributed by atoms with Crippen molar-refractivity contribution in [1.82, 2.24) is 34.9 Å². The first kappa shape index (κ1) is 43.2. The number of aromatic amines is 1. The second-order valence-electron chi connectivity index (χ2n) is 16.0. The molecule has 15 nitrogen and oxygen atoms in total. The van der Waals surface area contributed by atoms with E-state index in [2.05, 4.69) is 54.7 Å². The number of carbonyl (C=O) groups excluding carboxylic acids is 3. The van der Waals surface area contributed by atoms with E-state index < -0.39 is 29.4 Å². The predicted molar refractivity (Wildman–Crippen MR) is 229 cm³/mol. The number of methoxy groups -OCH3 is 1. The van der Waals surface area contributed by atoms with Crippen molar-refractivity contribution in [2.45, 2.75) is 64.8 Å². The minimum absolute atomic E-state index is 0.0310. The standard InChI is InChI=1S/C44H54F2N10O5/c1-6-26(2)8-7-17-61-43-33(23-48-54(43)4)37-19-28(18-27(3)49-37)41(58)53-44-50-36-11-9-30(22-38(36)51-44)56-16-15-55(31(24-56)25-60-5)14-13-47-29-20-34(45)40(35(46)21-29)32-10-12-39(57)52-42(32)59/h9,11,18-23,26,31-32,47H,6-8,10,12-17,24-25H2,1-5H3,(H,52,57,59)(H2,50,51,53,58)/t26-,31-,32+/m0/s1. The van der Waals surface area contributed by atoms with E-state index in [1.165, 1.54) is 12.1 Å². The van der Waals surface area contributed by atoms with Crippen LogP contribution in [0.3, 0.4) is 0 Å². The van der Waals surface area contributed by atoms with Crippen LogP contribution in [0.2, 0.25) is 0 Å². The number of piperidine rings is 1. The minimum atomic E-state index is -1.05. The molecule has 3 amide bonds. The molecule has 5 heterocycles. The van der Waals surface area contributed by atoms with Gasteiger partial charge in [0.2, 0.25) is 23.6 Å². The van der Waals surface area contributed by atoms with Gasteiger partial charge in [0, 0.05) is 81.5 Å². The topological polar surface area (TPSA) is 172 Å². The fraction of sp³-hybridized carbons (Fsp3) is 0.455. The smallest absolute Gasteiger partial charge is 0.258 e. The highest BCUT2D eigenvalue weighted by atomic mass is 19.1. The van der Waals surface area contributed by atoms with Crippen molar-refractivity contribution in [3.63, 3.8) is 0 Å². The van der Waals surface area contributed by atoms with Crippen LogP contribution >= 0.6 is 0 Å². The van der Waals surface area contributed by atoms with E-state index in [9.17, 15) is 14.4 Å². The number of halogens is 2. The first-order valence-corrected chi connectivity index (χ1v) is 20.9. The molecule has 2 aromatic carbocycles. The van der Waals surface area contributed by atoms with Crippen molar-refractivity contribution < 1.29 is 32.6 Å². The number of aromatic nitrogens is 5. The van der Waals surface area contributed by atoms with Crippen molar-refractivity contribution in [2.24, 2.45) is 13.0 Å². The van der Waals surface area contributed by atoms with Crippen LogP contribution in [0.4, 0.5) is 26.1 Å². The number of imidazole rings is 1. The summed E-state index contributed by atoms with van der Waals surface area (Å²) in [6.07, 6.45) is 4.95. The van der Waals surface area contributed by atoms with Crippen molar-refractivity contribution in [1.29, 1.82) is 0 Å². The highest BCUT2D eigenvalue weighted by molar-refractivity contribution is 6.05. The second kappa shape index (κ2) is 19.2. The second-order valence-corrected chi connectivity index (χ2v) is 16.0. The summed E-state index contributed by atoms with van der Waals surface area (Å²) in [5.41, 5.74) is 4.81. The molecule has 2 fully saturated rings. The summed E-state index contributed by atoms with van der Waals surface area (Å²) >= 11 is 0. The number of nitrogens with one attached hydrogen (secondary N) is 4. The molecule has 7 rings (SSSR count). The van der Waals surface area contributed by atoms with Gasteiger partial charge >= 0.3 is 0 Å². The Balaban J connectivity index is 0.959. The number of piperazine rings is 1. The zero-order chi connectivity index (χ0) is 43.2. The van der Waals surface area contributed by atoms with Crippen molar-refractivity contribution in [3.05, 3.63) is 77.1 Å². The number of carbonyl (C=O) groups is 3. The van der Waals surface area contributed by atoms with Gasteiger partial charge in [-0.25, -0.2) is 18.4 Å². The van der Waals surface area contributed by atoms with Gasteiger partial charge in [-0.2, -0.15) is 5.10 Å². The largest absolute Gasteiger partial charge is 0.477 e. The fourth-order valence-corrected chi connectivity index (χ4v) is 8.05. The van der Waals surface area contributed by atoms with Crippen LogP contribution in [-0.2, 0) is 21.4 Å². The van der Waals surface area contributed by atoms with E-state index in [0.29, 0.717) is 85.2 Å². The summed E-state index contributed by atoms with van der Waals surface area (Å²) in [5.74, 6) is -2.60. The number of pyridine rings is 1. The molecule has 2 aliphatic heterocycles. The van der Waals surface area contributed by atoms with Crippen LogP contribution < -0.4 is 25.6 Å². The van der Waals surface area contributed by atoms with Gasteiger partial charge in [0.05, 0.1) is 53.7 Å². The third kappa shape index (κ3) is 10.2. The van der Waals surface area contributed by atoms with Crippen LogP contribution in [0.15, 0.2) is 48.7 Å². The van der Waals surface area contributed by atoms with E-state index >= 15 is 8.78 Å². The Kier molecular flexibility index (Phi) is 13.6. The predicted octanol–water partition coefficient (Wildman–Crippen LogP) is 6.17. The number of hydrogen-bond acceptors (Lipinski definition) is 11. The summed E-state index contributed by atoms with van der Waals surface area (Å²) in [6, 6.07) is 11.8. The maximum absolute atomic E-state index is 15.1. The molecule has 2 saturated heterocycles. The van der Waals surface area contributed by atoms with Crippen LogP contribution in [0.1, 0.15) is 73.5 Å². The molecule has 4 N–H and O–H groups in total. The van der Waals surface area contributed by atoms with Crippen LogP contribution in [-0.4, -0.2) is 106 Å². The molecular weight excluding hydrogens is 787 g/mol. The van der Waals surface area contributed by atoms with Gasteiger partial charge in [0.15, 0.2) is 0 Å². The van der Waals surface area contributed by atoms with Crippen LogP contribution in [0.25, 0.3) is 22.3 Å². The molecule has 0 spiro atoms. The zero-order valence-corrected chi connectivity index (χ0v) is 35.3. The lowest BCUT2D eigenvalue weighted by Crippen LogP contribution is -2.56. The molecule has 0 unspecified atom stereocenters. The van der Waals surface area contributed by atoms with Gasteiger partial charge in [-0.15, -0.1) is 0 Å². The molecule has 0 saturated carbocycles. The summed E-state index contributed by atoms with van der Waals surface area (Å²) in [7, 11) is 3.49. The molecule has 2 aliphatic rings. The van der Waals surface area contributed by atoms with E-state index in [4.69, 9.17) is 14.5 Å². The molecule has 0 radical (unpaired) electrons. The molecule has 5 aromatic rings. The lowest BCUT2D eigenvalue weighted by Gasteiger charge is -2.42. The number of nitrogens with zero attached hydrogens (tertiary/aromatic N) is 6. The van der Waals surface area contributed by atoms with E-state index in [-0.39, 0.29) is 36.0 Å². The van der Waals surface area contributed by atoms with E-state index in [0.717, 1.165) is 37.0 Å². The Morgan fingerprint density at radius 3 is 2.64 bits per heavy atom. The van der Waals surface area contributed by atoms with Gasteiger partial charge in [-0.05, 0) is 74.6 Å². The molecule has 0 bridgehead atoms. The van der Waals surface area contributed by atoms with Gasteiger partial charge in [-0.1, -0.05) is 20.3 Å². The zero-order valence-electron chi connectivity index (χ0n) is 35.3. The molecule has 0 aliphatic carbocycles. The summed E-state index contributed by atoms with van der Waals surface area (Å²) < 4.78 is 43.6. The highest BCUT2D eigenvalue weighted by Crippen LogP contribution is 2.32.